The predicted molar refractivity (Wildman–Crippen MR) is 81.4 cm³/mol. The van der Waals surface area contributed by atoms with Crippen molar-refractivity contribution in [1.82, 2.24) is 10.9 Å². The minimum absolute atomic E-state index is 0.105. The molecular formula is C16H16F3N3O3. The maximum atomic E-state index is 12.8. The molecule has 2 aliphatic rings. The lowest BCUT2D eigenvalue weighted by molar-refractivity contribution is -0.192. The number of anilines is 1. The van der Waals surface area contributed by atoms with Crippen molar-refractivity contribution in [3.8, 4) is 0 Å². The molecule has 3 rings (SSSR count). The zero-order chi connectivity index (χ0) is 18.6. The van der Waals surface area contributed by atoms with E-state index in [-0.39, 0.29) is 24.3 Å². The van der Waals surface area contributed by atoms with Gasteiger partial charge in [-0.3, -0.25) is 25.2 Å². The SMILES string of the molecule is CC1(C)C(=O)Nc2cc(C(=O)NNC(=O)C3(C(F)(F)F)CC3)ccc21. The average molecular weight is 355 g/mol. The first-order valence-corrected chi connectivity index (χ1v) is 7.62. The van der Waals surface area contributed by atoms with Gasteiger partial charge < -0.3 is 5.32 Å². The Bertz CT molecular complexity index is 783. The summed E-state index contributed by atoms with van der Waals surface area (Å²) in [6.45, 7) is 3.47. The molecule has 0 atom stereocenters. The molecule has 6 nitrogen and oxygen atoms in total. The van der Waals surface area contributed by atoms with Crippen LogP contribution in [0, 0.1) is 5.41 Å². The third-order valence-corrected chi connectivity index (χ3v) is 4.79. The van der Waals surface area contributed by atoms with Crippen molar-refractivity contribution in [2.45, 2.75) is 38.3 Å². The third kappa shape index (κ3) is 2.63. The lowest BCUT2D eigenvalue weighted by Gasteiger charge is -2.19. The van der Waals surface area contributed by atoms with E-state index in [0.717, 1.165) is 0 Å². The largest absolute Gasteiger partial charge is 0.403 e. The van der Waals surface area contributed by atoms with Crippen LogP contribution in [0.3, 0.4) is 0 Å². The number of hydrazine groups is 1. The molecule has 0 bridgehead atoms. The van der Waals surface area contributed by atoms with Crippen LogP contribution in [0.5, 0.6) is 0 Å². The zero-order valence-electron chi connectivity index (χ0n) is 13.5. The van der Waals surface area contributed by atoms with Gasteiger partial charge in [0.2, 0.25) is 5.91 Å². The highest BCUT2D eigenvalue weighted by molar-refractivity contribution is 6.07. The molecule has 1 aromatic rings. The van der Waals surface area contributed by atoms with E-state index in [1.54, 1.807) is 19.9 Å². The van der Waals surface area contributed by atoms with Gasteiger partial charge in [-0.1, -0.05) is 6.07 Å². The smallest absolute Gasteiger partial charge is 0.325 e. The molecule has 134 valence electrons. The molecule has 0 spiro atoms. The van der Waals surface area contributed by atoms with E-state index in [2.05, 4.69) is 5.32 Å². The van der Waals surface area contributed by atoms with Crippen molar-refractivity contribution in [2.24, 2.45) is 5.41 Å². The first-order chi connectivity index (χ1) is 11.5. The van der Waals surface area contributed by atoms with Gasteiger partial charge >= 0.3 is 6.18 Å². The van der Waals surface area contributed by atoms with Gasteiger partial charge in [-0.05, 0) is 44.4 Å². The number of rotatable bonds is 2. The van der Waals surface area contributed by atoms with Crippen molar-refractivity contribution in [3.63, 3.8) is 0 Å². The van der Waals surface area contributed by atoms with Gasteiger partial charge in [0.1, 0.15) is 5.41 Å². The van der Waals surface area contributed by atoms with E-state index in [0.29, 0.717) is 11.3 Å². The maximum absolute atomic E-state index is 12.8. The van der Waals surface area contributed by atoms with Crippen molar-refractivity contribution < 1.29 is 27.6 Å². The Morgan fingerprint density at radius 1 is 1.16 bits per heavy atom. The summed E-state index contributed by atoms with van der Waals surface area (Å²) < 4.78 is 38.5. The highest BCUT2D eigenvalue weighted by atomic mass is 19.4. The number of fused-ring (bicyclic) bond motifs is 1. The van der Waals surface area contributed by atoms with Crippen LogP contribution in [-0.4, -0.2) is 23.9 Å². The van der Waals surface area contributed by atoms with Crippen molar-refractivity contribution in [3.05, 3.63) is 29.3 Å². The number of amides is 3. The molecule has 1 fully saturated rings. The van der Waals surface area contributed by atoms with Gasteiger partial charge in [0.15, 0.2) is 0 Å². The maximum Gasteiger partial charge on any atom is 0.403 e. The third-order valence-electron chi connectivity index (χ3n) is 4.79. The molecule has 1 heterocycles. The van der Waals surface area contributed by atoms with E-state index in [1.807, 2.05) is 10.9 Å². The molecule has 3 N–H and O–H groups in total. The van der Waals surface area contributed by atoms with Crippen LogP contribution in [0.1, 0.15) is 42.6 Å². The summed E-state index contributed by atoms with van der Waals surface area (Å²) >= 11 is 0. The highest BCUT2D eigenvalue weighted by Crippen LogP contribution is 2.57. The van der Waals surface area contributed by atoms with E-state index in [9.17, 15) is 27.6 Å². The van der Waals surface area contributed by atoms with E-state index in [4.69, 9.17) is 0 Å². The molecule has 0 unspecified atom stereocenters. The van der Waals surface area contributed by atoms with Gasteiger partial charge in [0, 0.05) is 11.3 Å². The van der Waals surface area contributed by atoms with Crippen LogP contribution >= 0.6 is 0 Å². The van der Waals surface area contributed by atoms with Crippen LogP contribution in [0.25, 0.3) is 0 Å². The van der Waals surface area contributed by atoms with Gasteiger partial charge in [0.05, 0.1) is 5.41 Å². The Morgan fingerprint density at radius 2 is 1.80 bits per heavy atom. The zero-order valence-corrected chi connectivity index (χ0v) is 13.5. The monoisotopic (exact) mass is 355 g/mol. The number of benzene rings is 1. The Labute approximate surface area is 141 Å². The molecule has 0 aromatic heterocycles. The van der Waals surface area contributed by atoms with Crippen LogP contribution < -0.4 is 16.2 Å². The van der Waals surface area contributed by atoms with Crippen LogP contribution in [0.15, 0.2) is 18.2 Å². The summed E-state index contributed by atoms with van der Waals surface area (Å²) in [5, 5.41) is 2.65. The molecule has 1 aliphatic heterocycles. The number of hydrogen-bond acceptors (Lipinski definition) is 3. The number of hydrogen-bond donors (Lipinski definition) is 3. The topological polar surface area (TPSA) is 87.3 Å². The Morgan fingerprint density at radius 3 is 2.36 bits per heavy atom. The molecule has 1 aliphatic carbocycles. The first kappa shape index (κ1) is 17.2. The average Bonchev–Trinajstić information content (AvgIpc) is 3.29. The number of carbonyl (C=O) groups is 3. The van der Waals surface area contributed by atoms with E-state index in [1.165, 1.54) is 12.1 Å². The molecule has 1 saturated carbocycles. The second-order valence-corrected chi connectivity index (χ2v) is 6.83. The van der Waals surface area contributed by atoms with Gasteiger partial charge in [0.25, 0.3) is 11.8 Å². The fourth-order valence-electron chi connectivity index (χ4n) is 2.80. The summed E-state index contributed by atoms with van der Waals surface area (Å²) in [5.74, 6) is -2.26. The van der Waals surface area contributed by atoms with Gasteiger partial charge in [-0.25, -0.2) is 0 Å². The quantitative estimate of drug-likeness (QED) is 0.710. The molecule has 3 amide bonds. The Kier molecular flexibility index (Phi) is 3.59. The number of halogens is 3. The van der Waals surface area contributed by atoms with Gasteiger partial charge in [-0.2, -0.15) is 13.2 Å². The Hall–Kier alpha value is -2.58. The summed E-state index contributed by atoms with van der Waals surface area (Å²) in [6.07, 6.45) is -5.23. The summed E-state index contributed by atoms with van der Waals surface area (Å²) in [4.78, 5) is 35.7. The lowest BCUT2D eigenvalue weighted by atomic mass is 9.86. The summed E-state index contributed by atoms with van der Waals surface area (Å²) in [7, 11) is 0. The fourth-order valence-corrected chi connectivity index (χ4v) is 2.80. The first-order valence-electron chi connectivity index (χ1n) is 7.62. The molecular weight excluding hydrogens is 339 g/mol. The van der Waals surface area contributed by atoms with Crippen LogP contribution in [-0.2, 0) is 15.0 Å². The molecule has 9 heteroatoms. The molecule has 0 saturated heterocycles. The normalized spacial score (nSPS) is 19.6. The van der Waals surface area contributed by atoms with Crippen molar-refractivity contribution in [1.29, 1.82) is 0 Å². The van der Waals surface area contributed by atoms with Crippen LogP contribution in [0.4, 0.5) is 18.9 Å². The molecule has 1 aromatic carbocycles. The summed E-state index contributed by atoms with van der Waals surface area (Å²) in [5.41, 5.74) is 1.97. The number of nitrogens with one attached hydrogen (secondary N) is 3. The second kappa shape index (κ2) is 5.21. The minimum atomic E-state index is -4.65. The standard InChI is InChI=1S/C16H16F3N3O3/c1-14(2)9-4-3-8(7-10(9)20-12(14)24)11(23)21-22-13(25)15(5-6-15)16(17,18)19/h3-4,7H,5-6H2,1-2H3,(H,20,24)(H,21,23)(H,22,25). The minimum Gasteiger partial charge on any atom is -0.325 e. The second-order valence-electron chi connectivity index (χ2n) is 6.83. The Balaban J connectivity index is 1.69. The lowest BCUT2D eigenvalue weighted by Crippen LogP contribution is -2.49. The highest BCUT2D eigenvalue weighted by Gasteiger charge is 2.68. The van der Waals surface area contributed by atoms with Gasteiger partial charge in [-0.15, -0.1) is 0 Å². The number of alkyl halides is 3. The fraction of sp³-hybridized carbons (Fsp3) is 0.438. The van der Waals surface area contributed by atoms with Crippen molar-refractivity contribution >= 4 is 23.4 Å². The van der Waals surface area contributed by atoms with Crippen molar-refractivity contribution in [2.75, 3.05) is 5.32 Å². The molecule has 0 radical (unpaired) electrons. The van der Waals surface area contributed by atoms with E-state index >= 15 is 0 Å². The number of carbonyl (C=O) groups excluding carboxylic acids is 3. The summed E-state index contributed by atoms with van der Waals surface area (Å²) in [6, 6.07) is 4.46. The van der Waals surface area contributed by atoms with Crippen LogP contribution in [0.2, 0.25) is 0 Å². The van der Waals surface area contributed by atoms with E-state index < -0.39 is 28.8 Å². The molecule has 25 heavy (non-hydrogen) atoms. The predicted octanol–water partition coefficient (Wildman–Crippen LogP) is 2.02.